The average Bonchev–Trinajstić information content (AvgIpc) is 2.96. The van der Waals surface area contributed by atoms with E-state index in [4.69, 9.17) is 47.9 Å². The summed E-state index contributed by atoms with van der Waals surface area (Å²) >= 11 is 11.8. The van der Waals surface area contributed by atoms with Gasteiger partial charge < -0.3 is 24.7 Å². The summed E-state index contributed by atoms with van der Waals surface area (Å²) in [5.41, 5.74) is 8.86. The third-order valence-corrected chi connectivity index (χ3v) is 6.61. The van der Waals surface area contributed by atoms with E-state index < -0.39 is 11.9 Å². The second-order valence-electron chi connectivity index (χ2n) is 8.83. The molecule has 0 saturated heterocycles. The van der Waals surface area contributed by atoms with Crippen LogP contribution in [0, 0.1) is 11.3 Å². The Kier molecular flexibility index (Phi) is 8.11. The molecule has 4 aromatic rings. The summed E-state index contributed by atoms with van der Waals surface area (Å²) in [4.78, 5) is 12.4. The molecular weight excluding hydrogens is 551 g/mol. The molecule has 0 bridgehead atoms. The van der Waals surface area contributed by atoms with Gasteiger partial charge in [-0.1, -0.05) is 53.5 Å². The average molecular weight is 573 g/mol. The summed E-state index contributed by atoms with van der Waals surface area (Å²) in [6.07, 6.45) is 0. The second-order valence-corrected chi connectivity index (χ2v) is 9.70. The van der Waals surface area contributed by atoms with Crippen LogP contribution in [0.5, 0.6) is 23.0 Å². The molecule has 0 radical (unpaired) electrons. The van der Waals surface area contributed by atoms with Gasteiger partial charge in [0, 0.05) is 21.7 Å². The lowest BCUT2D eigenvalue weighted by Gasteiger charge is -2.27. The van der Waals surface area contributed by atoms with Gasteiger partial charge in [-0.25, -0.2) is 4.79 Å². The Balaban J connectivity index is 1.33. The highest BCUT2D eigenvalue weighted by Crippen LogP contribution is 2.44. The number of benzene rings is 4. The number of nitrogens with two attached hydrogens (primary N) is 1. The molecule has 0 fully saturated rings. The number of allylic oxidation sites excluding steroid dienone is 1. The second kappa shape index (κ2) is 12.0. The standard InChI is InChI=1S/C31H22Cl2N2O5/c32-21-6-4-19(5-7-21)17-37-24-3-1-2-20(14-24)30-26-13-12-25(15-28(26)40-31(35)27(30)16-34)39-29(36)18-38-23-10-8-22(33)9-11-23/h1-15,30H,17-18,35H2. The predicted molar refractivity (Wildman–Crippen MR) is 151 cm³/mol. The van der Waals surface area contributed by atoms with Gasteiger partial charge in [-0.15, -0.1) is 0 Å². The zero-order valence-electron chi connectivity index (χ0n) is 21.0. The lowest BCUT2D eigenvalue weighted by atomic mass is 9.83. The number of nitriles is 1. The van der Waals surface area contributed by atoms with Gasteiger partial charge in [0.05, 0.1) is 5.92 Å². The molecule has 1 heterocycles. The third kappa shape index (κ3) is 6.32. The molecule has 5 rings (SSSR count). The number of nitrogens with zero attached hydrogens (tertiary/aromatic N) is 1. The zero-order chi connectivity index (χ0) is 28.1. The molecule has 4 aromatic carbocycles. The van der Waals surface area contributed by atoms with Gasteiger partial charge in [0.25, 0.3) is 0 Å². The smallest absolute Gasteiger partial charge is 0.349 e. The van der Waals surface area contributed by atoms with E-state index in [-0.39, 0.29) is 23.8 Å². The Morgan fingerprint density at radius 3 is 2.30 bits per heavy atom. The van der Waals surface area contributed by atoms with Crippen molar-refractivity contribution in [3.05, 3.63) is 129 Å². The van der Waals surface area contributed by atoms with Gasteiger partial charge in [-0.2, -0.15) is 5.26 Å². The number of rotatable bonds is 8. The quantitative estimate of drug-likeness (QED) is 0.183. The van der Waals surface area contributed by atoms with E-state index in [1.807, 2.05) is 36.4 Å². The molecule has 0 amide bonds. The Hall–Kier alpha value is -4.64. The van der Waals surface area contributed by atoms with Crippen LogP contribution in [0.25, 0.3) is 0 Å². The fourth-order valence-electron chi connectivity index (χ4n) is 4.21. The molecule has 9 heteroatoms. The van der Waals surface area contributed by atoms with E-state index in [1.54, 1.807) is 54.6 Å². The molecule has 40 heavy (non-hydrogen) atoms. The highest BCUT2D eigenvalue weighted by atomic mass is 35.5. The van der Waals surface area contributed by atoms with Crippen molar-refractivity contribution in [2.45, 2.75) is 12.5 Å². The van der Waals surface area contributed by atoms with E-state index >= 15 is 0 Å². The topological polar surface area (TPSA) is 104 Å². The van der Waals surface area contributed by atoms with E-state index in [0.717, 1.165) is 11.1 Å². The molecule has 0 aliphatic carbocycles. The van der Waals surface area contributed by atoms with Crippen LogP contribution in [-0.2, 0) is 11.4 Å². The number of halogens is 2. The van der Waals surface area contributed by atoms with E-state index in [0.29, 0.717) is 39.5 Å². The van der Waals surface area contributed by atoms with Gasteiger partial charge >= 0.3 is 5.97 Å². The van der Waals surface area contributed by atoms with Crippen LogP contribution in [-0.4, -0.2) is 12.6 Å². The first-order chi connectivity index (χ1) is 19.4. The number of carbonyl (C=O) groups excluding carboxylic acids is 1. The monoisotopic (exact) mass is 572 g/mol. The Bertz CT molecular complexity index is 1610. The van der Waals surface area contributed by atoms with Gasteiger partial charge in [0.2, 0.25) is 5.88 Å². The highest BCUT2D eigenvalue weighted by Gasteiger charge is 2.31. The number of carbonyl (C=O) groups is 1. The SMILES string of the molecule is N#CC1=C(N)Oc2cc(OC(=O)COc3ccc(Cl)cc3)ccc2C1c1cccc(OCc2ccc(Cl)cc2)c1. The first-order valence-corrected chi connectivity index (χ1v) is 12.9. The van der Waals surface area contributed by atoms with Gasteiger partial charge in [0.1, 0.15) is 41.2 Å². The minimum atomic E-state index is -0.603. The normalized spacial score (nSPS) is 14.0. The number of ether oxygens (including phenoxy) is 4. The number of hydrogen-bond acceptors (Lipinski definition) is 7. The molecule has 1 aliphatic rings. The summed E-state index contributed by atoms with van der Waals surface area (Å²) in [6.45, 7) is 0.0518. The summed E-state index contributed by atoms with van der Waals surface area (Å²) in [6, 6.07) is 28.6. The molecular formula is C31H22Cl2N2O5. The summed E-state index contributed by atoms with van der Waals surface area (Å²) < 4.78 is 22.6. The minimum Gasteiger partial charge on any atom is -0.489 e. The van der Waals surface area contributed by atoms with Crippen molar-refractivity contribution in [3.63, 3.8) is 0 Å². The maximum atomic E-state index is 12.4. The summed E-state index contributed by atoms with van der Waals surface area (Å²) in [7, 11) is 0. The lowest BCUT2D eigenvalue weighted by Crippen LogP contribution is -2.21. The van der Waals surface area contributed by atoms with Crippen LogP contribution < -0.4 is 24.7 Å². The fourth-order valence-corrected chi connectivity index (χ4v) is 4.46. The van der Waals surface area contributed by atoms with Crippen LogP contribution >= 0.6 is 23.2 Å². The van der Waals surface area contributed by atoms with Crippen molar-refractivity contribution in [1.82, 2.24) is 0 Å². The maximum absolute atomic E-state index is 12.4. The fraction of sp³-hybridized carbons (Fsp3) is 0.0968. The van der Waals surface area contributed by atoms with Crippen molar-refractivity contribution < 1.29 is 23.7 Å². The molecule has 0 spiro atoms. The molecule has 0 saturated carbocycles. The Morgan fingerprint density at radius 1 is 0.875 bits per heavy atom. The van der Waals surface area contributed by atoms with E-state index in [9.17, 15) is 10.1 Å². The summed E-state index contributed by atoms with van der Waals surface area (Å²) in [5, 5.41) is 11.1. The Labute approximate surface area is 240 Å². The number of fused-ring (bicyclic) bond motifs is 1. The van der Waals surface area contributed by atoms with Gasteiger partial charge in [-0.3, -0.25) is 0 Å². The maximum Gasteiger partial charge on any atom is 0.349 e. The number of esters is 1. The van der Waals surface area contributed by atoms with Gasteiger partial charge in [0.15, 0.2) is 6.61 Å². The molecule has 1 unspecified atom stereocenters. The predicted octanol–water partition coefficient (Wildman–Crippen LogP) is 6.77. The van der Waals surface area contributed by atoms with Crippen molar-refractivity contribution in [1.29, 1.82) is 5.26 Å². The molecule has 1 aliphatic heterocycles. The van der Waals surface area contributed by atoms with Crippen molar-refractivity contribution in [2.24, 2.45) is 5.73 Å². The van der Waals surface area contributed by atoms with Crippen LogP contribution in [0.2, 0.25) is 10.0 Å². The number of hydrogen-bond donors (Lipinski definition) is 1. The van der Waals surface area contributed by atoms with Crippen molar-refractivity contribution in [2.75, 3.05) is 6.61 Å². The molecule has 2 N–H and O–H groups in total. The molecule has 1 atom stereocenters. The van der Waals surface area contributed by atoms with Gasteiger partial charge in [-0.05, 0) is 65.7 Å². The van der Waals surface area contributed by atoms with E-state index in [1.165, 1.54) is 0 Å². The van der Waals surface area contributed by atoms with Crippen LogP contribution in [0.1, 0.15) is 22.6 Å². The molecule has 7 nitrogen and oxygen atoms in total. The molecule has 0 aromatic heterocycles. The lowest BCUT2D eigenvalue weighted by molar-refractivity contribution is -0.136. The molecule has 200 valence electrons. The van der Waals surface area contributed by atoms with Crippen LogP contribution in [0.4, 0.5) is 0 Å². The first-order valence-electron chi connectivity index (χ1n) is 12.2. The minimum absolute atomic E-state index is 0.0259. The van der Waals surface area contributed by atoms with E-state index in [2.05, 4.69) is 6.07 Å². The third-order valence-electron chi connectivity index (χ3n) is 6.10. The van der Waals surface area contributed by atoms with Crippen molar-refractivity contribution >= 4 is 29.2 Å². The first kappa shape index (κ1) is 26.9. The van der Waals surface area contributed by atoms with Crippen molar-refractivity contribution in [3.8, 4) is 29.1 Å². The zero-order valence-corrected chi connectivity index (χ0v) is 22.5. The Morgan fingerprint density at radius 2 is 1.57 bits per heavy atom. The van der Waals surface area contributed by atoms with Crippen LogP contribution in [0.3, 0.4) is 0 Å². The largest absolute Gasteiger partial charge is 0.489 e. The van der Waals surface area contributed by atoms with Crippen LogP contribution in [0.15, 0.2) is 102 Å². The highest BCUT2D eigenvalue weighted by molar-refractivity contribution is 6.30. The summed E-state index contributed by atoms with van der Waals surface area (Å²) in [5.74, 6) is 0.595.